The number of allylic oxidation sites excluding steroid dienone is 2. The lowest BCUT2D eigenvalue weighted by atomic mass is 9.99. The predicted octanol–water partition coefficient (Wildman–Crippen LogP) is 10.9. The number of nitrogen functional groups attached to an aromatic ring is 2. The smallest absolute Gasteiger partial charge is 0.427 e. The van der Waals surface area contributed by atoms with Gasteiger partial charge < -0.3 is 20.9 Å². The van der Waals surface area contributed by atoms with Crippen LogP contribution in [0.2, 0.25) is 0 Å². The molecule has 0 fully saturated rings. The van der Waals surface area contributed by atoms with Crippen molar-refractivity contribution in [2.45, 2.75) is 53.8 Å². The molecule has 0 aliphatic heterocycles. The van der Waals surface area contributed by atoms with Gasteiger partial charge in [-0.2, -0.15) is 105 Å². The summed E-state index contributed by atoms with van der Waals surface area (Å²) in [6.45, 7) is 0. The Morgan fingerprint density at radius 1 is 0.415 bits per heavy atom. The van der Waals surface area contributed by atoms with Crippen LogP contribution in [-0.4, -0.2) is 47.9 Å². The number of alkyl halides is 20. The Morgan fingerprint density at radius 3 is 0.925 bits per heavy atom. The van der Waals surface area contributed by atoms with Crippen LogP contribution < -0.4 is 20.9 Å². The highest BCUT2D eigenvalue weighted by molar-refractivity contribution is 5.59. The molecule has 0 amide bonds. The molecule has 0 bridgehead atoms. The second-order valence-electron chi connectivity index (χ2n) is 9.90. The third-order valence-electron chi connectivity index (χ3n) is 6.34. The van der Waals surface area contributed by atoms with Crippen LogP contribution in [0.15, 0.2) is 60.1 Å². The van der Waals surface area contributed by atoms with Crippen LogP contribution in [0.3, 0.4) is 0 Å². The molecule has 0 atom stereocenters. The van der Waals surface area contributed by atoms with Crippen molar-refractivity contribution in [3.63, 3.8) is 0 Å². The lowest BCUT2D eigenvalue weighted by molar-refractivity contribution is -0.392. The van der Waals surface area contributed by atoms with Crippen LogP contribution in [0.4, 0.5) is 117 Å². The third-order valence-corrected chi connectivity index (χ3v) is 6.34. The molecular formula is C25H10F24N2O2. The minimum atomic E-state index is -7.78. The fourth-order valence-corrected chi connectivity index (χ4v) is 3.36. The normalized spacial score (nSPS) is 15.5. The Balaban J connectivity index is 2.58. The summed E-state index contributed by atoms with van der Waals surface area (Å²) in [6, 6.07) is -7.45. The van der Waals surface area contributed by atoms with Crippen LogP contribution in [-0.2, 0) is 5.92 Å². The van der Waals surface area contributed by atoms with Gasteiger partial charge >= 0.3 is 59.9 Å². The van der Waals surface area contributed by atoms with Crippen molar-refractivity contribution in [2.75, 3.05) is 11.5 Å². The zero-order chi connectivity index (χ0) is 41.9. The Morgan fingerprint density at radius 2 is 0.679 bits per heavy atom. The maximum Gasteiger partial charge on any atom is 0.460 e. The molecule has 2 aromatic carbocycles. The molecule has 4 N–H and O–H groups in total. The lowest BCUT2D eigenvalue weighted by Crippen LogP contribution is -2.61. The standard InChI is InChI=1S/C25H10F24N2O2/c26-13(18(32,33)20(36,37)22(40,41)24(44,45)46)15(28)52-11-5-7(1-3-9(11)50)17(30,31)8-2-4-10(51)12(6-8)53-16(29)14(27)19(34,35)21(38,39)23(42,43)25(47,48)49/h1-6H,50-51H2. The number of hydrogen-bond donors (Lipinski definition) is 2. The average Bonchev–Trinajstić information content (AvgIpc) is 3.00. The highest BCUT2D eigenvalue weighted by atomic mass is 19.4. The molecule has 0 aliphatic carbocycles. The minimum absolute atomic E-state index is 0.160. The Bertz CT molecular complexity index is 1630. The molecule has 300 valence electrons. The SMILES string of the molecule is Nc1ccc(C(F)(F)c2ccc(N)c(OC(F)=C(F)C(F)(F)C(F)(F)C(F)(F)C(F)(F)F)c2)cc1OC(F)=C(F)C(F)(F)C(F)(F)C(F)(F)C(F)(F)F. The topological polar surface area (TPSA) is 70.5 Å². The van der Waals surface area contributed by atoms with Crippen molar-refractivity contribution >= 4 is 11.4 Å². The lowest BCUT2D eigenvalue weighted by Gasteiger charge is -2.32. The fourth-order valence-electron chi connectivity index (χ4n) is 3.36. The molecule has 0 spiro atoms. The van der Waals surface area contributed by atoms with E-state index in [4.69, 9.17) is 11.5 Å². The van der Waals surface area contributed by atoms with E-state index >= 15 is 8.78 Å². The largest absolute Gasteiger partial charge is 0.460 e. The third kappa shape index (κ3) is 7.35. The summed E-state index contributed by atoms with van der Waals surface area (Å²) in [5, 5.41) is 0. The van der Waals surface area contributed by atoms with E-state index in [0.29, 0.717) is 0 Å². The van der Waals surface area contributed by atoms with Crippen molar-refractivity contribution in [3.05, 3.63) is 71.2 Å². The van der Waals surface area contributed by atoms with Crippen molar-refractivity contribution < 1.29 is 115 Å². The molecule has 0 unspecified atom stereocenters. The number of hydrogen-bond acceptors (Lipinski definition) is 4. The Kier molecular flexibility index (Phi) is 11.3. The monoisotopic (exact) mass is 826 g/mol. The summed E-state index contributed by atoms with van der Waals surface area (Å²) in [7, 11) is 0. The number of rotatable bonds is 12. The summed E-state index contributed by atoms with van der Waals surface area (Å²) < 4.78 is 328. The van der Waals surface area contributed by atoms with Gasteiger partial charge in [-0.15, -0.1) is 0 Å². The van der Waals surface area contributed by atoms with Gasteiger partial charge in [-0.3, -0.25) is 0 Å². The van der Waals surface area contributed by atoms with Crippen LogP contribution in [0.25, 0.3) is 0 Å². The molecule has 0 radical (unpaired) electrons. The summed E-state index contributed by atoms with van der Waals surface area (Å²) in [6.07, 6.45) is -15.0. The number of halogens is 24. The van der Waals surface area contributed by atoms with Crippen molar-refractivity contribution in [2.24, 2.45) is 0 Å². The second kappa shape index (κ2) is 13.4. The molecule has 4 nitrogen and oxygen atoms in total. The van der Waals surface area contributed by atoms with E-state index in [2.05, 4.69) is 9.47 Å². The summed E-state index contributed by atoms with van der Waals surface area (Å²) in [5.41, 5.74) is 4.41. The van der Waals surface area contributed by atoms with E-state index in [0.717, 1.165) is 0 Å². The second-order valence-corrected chi connectivity index (χ2v) is 9.90. The molecule has 0 heterocycles. The molecule has 0 saturated heterocycles. The van der Waals surface area contributed by atoms with Gasteiger partial charge in [0, 0.05) is 11.1 Å². The van der Waals surface area contributed by atoms with Crippen LogP contribution >= 0.6 is 0 Å². The molecule has 2 aromatic rings. The molecule has 0 aliphatic rings. The van der Waals surface area contributed by atoms with E-state index in [9.17, 15) is 96.6 Å². The Hall–Kier alpha value is -4.56. The highest BCUT2D eigenvalue weighted by Crippen LogP contribution is 2.57. The van der Waals surface area contributed by atoms with Crippen molar-refractivity contribution in [1.82, 2.24) is 0 Å². The first kappa shape index (κ1) is 44.6. The van der Waals surface area contributed by atoms with E-state index in [1.54, 1.807) is 0 Å². The van der Waals surface area contributed by atoms with Gasteiger partial charge in [-0.1, -0.05) is 12.1 Å². The Labute approximate surface area is 275 Å². The van der Waals surface area contributed by atoms with Crippen LogP contribution in [0.1, 0.15) is 11.1 Å². The van der Waals surface area contributed by atoms with Crippen LogP contribution in [0.5, 0.6) is 11.5 Å². The van der Waals surface area contributed by atoms with E-state index in [1.807, 2.05) is 0 Å². The van der Waals surface area contributed by atoms with Crippen molar-refractivity contribution in [3.8, 4) is 11.5 Å². The molecule has 28 heteroatoms. The van der Waals surface area contributed by atoms with Gasteiger partial charge in [-0.25, -0.2) is 0 Å². The molecule has 53 heavy (non-hydrogen) atoms. The van der Waals surface area contributed by atoms with E-state index in [1.165, 1.54) is 0 Å². The maximum absolute atomic E-state index is 15.3. The maximum atomic E-state index is 15.3. The number of nitrogens with two attached hydrogens (primary N) is 2. The van der Waals surface area contributed by atoms with E-state index < -0.39 is 111 Å². The quantitative estimate of drug-likeness (QED) is 0.127. The van der Waals surface area contributed by atoms with Crippen LogP contribution in [0, 0.1) is 0 Å². The van der Waals surface area contributed by atoms with E-state index in [-0.39, 0.29) is 36.4 Å². The number of anilines is 2. The van der Waals surface area contributed by atoms with Gasteiger partial charge in [-0.05, 0) is 24.3 Å². The molecule has 2 rings (SSSR count). The zero-order valence-corrected chi connectivity index (χ0v) is 24.0. The van der Waals surface area contributed by atoms with Gasteiger partial charge in [0.05, 0.1) is 11.4 Å². The zero-order valence-electron chi connectivity index (χ0n) is 24.0. The molecule has 0 aromatic heterocycles. The minimum Gasteiger partial charge on any atom is -0.427 e. The predicted molar refractivity (Wildman–Crippen MR) is 126 cm³/mol. The number of ether oxygens (including phenoxy) is 2. The molecule has 0 saturated carbocycles. The van der Waals surface area contributed by atoms with Crippen molar-refractivity contribution in [1.29, 1.82) is 0 Å². The highest BCUT2D eigenvalue weighted by Gasteiger charge is 2.84. The first-order valence-corrected chi connectivity index (χ1v) is 12.4. The molecular weight excluding hydrogens is 816 g/mol. The first-order valence-electron chi connectivity index (χ1n) is 12.4. The van der Waals surface area contributed by atoms with Gasteiger partial charge in [0.1, 0.15) is 0 Å². The average molecular weight is 826 g/mol. The fraction of sp³-hybridized carbons (Fsp3) is 0.360. The van der Waals surface area contributed by atoms with Gasteiger partial charge in [0.15, 0.2) is 11.5 Å². The number of benzene rings is 2. The van der Waals surface area contributed by atoms with Gasteiger partial charge in [0.2, 0.25) is 11.7 Å². The summed E-state index contributed by atoms with van der Waals surface area (Å²) >= 11 is 0. The summed E-state index contributed by atoms with van der Waals surface area (Å²) in [4.78, 5) is 0. The first-order chi connectivity index (χ1) is 23.4. The van der Waals surface area contributed by atoms with Gasteiger partial charge in [0.25, 0.3) is 5.92 Å². The summed E-state index contributed by atoms with van der Waals surface area (Å²) in [5.74, 6) is -63.2.